The van der Waals surface area contributed by atoms with Crippen molar-refractivity contribution in [2.24, 2.45) is 0 Å². The first-order valence-corrected chi connectivity index (χ1v) is 9.37. The van der Waals surface area contributed by atoms with Crippen molar-refractivity contribution in [2.45, 2.75) is 24.7 Å². The predicted molar refractivity (Wildman–Crippen MR) is 106 cm³/mol. The van der Waals surface area contributed by atoms with E-state index in [4.69, 9.17) is 11.6 Å². The molecule has 1 heterocycles. The Morgan fingerprint density at radius 1 is 1.03 bits per heavy atom. The Labute approximate surface area is 170 Å². The molecule has 1 fully saturated rings. The SMILES string of the molecule is O=C(Nc1ccc(Cl)cc1C(F)(F)F)C1CC(c2cccc3ccccc23)NN1. The molecule has 0 radical (unpaired) electrons. The number of halogens is 4. The molecule has 3 N–H and O–H groups in total. The number of anilines is 1. The van der Waals surface area contributed by atoms with E-state index in [-0.39, 0.29) is 16.8 Å². The maximum absolute atomic E-state index is 13.2. The van der Waals surface area contributed by atoms with Gasteiger partial charge in [0, 0.05) is 11.1 Å². The highest BCUT2D eigenvalue weighted by Gasteiger charge is 2.36. The number of nitrogens with one attached hydrogen (secondary N) is 3. The van der Waals surface area contributed by atoms with Crippen LogP contribution in [-0.4, -0.2) is 11.9 Å². The highest BCUT2D eigenvalue weighted by molar-refractivity contribution is 6.30. The molecule has 4 rings (SSSR count). The van der Waals surface area contributed by atoms with Crippen molar-refractivity contribution in [3.63, 3.8) is 0 Å². The highest BCUT2D eigenvalue weighted by Crippen LogP contribution is 2.37. The minimum atomic E-state index is -4.62. The standard InChI is InChI=1S/C21H17ClF3N3O/c22-13-8-9-17(16(10-13)21(23,24)25)26-20(29)19-11-18(27-28-19)15-7-3-5-12-4-1-2-6-14(12)15/h1-10,18-19,27-28H,11H2,(H,26,29). The molecule has 29 heavy (non-hydrogen) atoms. The Morgan fingerprint density at radius 2 is 1.79 bits per heavy atom. The molecule has 1 aliphatic rings. The number of alkyl halides is 3. The van der Waals surface area contributed by atoms with E-state index in [9.17, 15) is 18.0 Å². The molecule has 1 amide bonds. The molecule has 0 aromatic heterocycles. The smallest absolute Gasteiger partial charge is 0.324 e. The Kier molecular flexibility index (Phi) is 5.21. The summed E-state index contributed by atoms with van der Waals surface area (Å²) in [4.78, 5) is 12.6. The fourth-order valence-electron chi connectivity index (χ4n) is 3.57. The summed E-state index contributed by atoms with van der Waals surface area (Å²) in [6, 6.07) is 16.3. The Bertz CT molecular complexity index is 1070. The summed E-state index contributed by atoms with van der Waals surface area (Å²) < 4.78 is 39.7. The lowest BCUT2D eigenvalue weighted by atomic mass is 9.96. The number of amides is 1. The number of benzene rings is 3. The molecule has 150 valence electrons. The van der Waals surface area contributed by atoms with Crippen LogP contribution in [0.1, 0.15) is 23.6 Å². The summed E-state index contributed by atoms with van der Waals surface area (Å²) >= 11 is 5.69. The summed E-state index contributed by atoms with van der Waals surface area (Å²) in [5, 5.41) is 4.47. The van der Waals surface area contributed by atoms with Crippen molar-refractivity contribution >= 4 is 34.0 Å². The number of carbonyl (C=O) groups excluding carboxylic acids is 1. The van der Waals surface area contributed by atoms with E-state index in [1.807, 2.05) is 42.5 Å². The second-order valence-corrected chi connectivity index (χ2v) is 7.31. The van der Waals surface area contributed by atoms with Crippen LogP contribution in [0, 0.1) is 0 Å². The maximum Gasteiger partial charge on any atom is 0.418 e. The van der Waals surface area contributed by atoms with Crippen LogP contribution in [-0.2, 0) is 11.0 Å². The number of carbonyl (C=O) groups is 1. The minimum Gasteiger partial charge on any atom is -0.324 e. The zero-order valence-corrected chi connectivity index (χ0v) is 15.8. The van der Waals surface area contributed by atoms with Gasteiger partial charge in [-0.15, -0.1) is 0 Å². The van der Waals surface area contributed by atoms with Crippen LogP contribution in [0.5, 0.6) is 0 Å². The van der Waals surface area contributed by atoms with E-state index < -0.39 is 23.7 Å². The molecule has 0 aliphatic carbocycles. The lowest BCUT2D eigenvalue weighted by Gasteiger charge is -2.16. The molecule has 4 nitrogen and oxygen atoms in total. The summed E-state index contributed by atoms with van der Waals surface area (Å²) in [7, 11) is 0. The molecule has 0 saturated carbocycles. The van der Waals surface area contributed by atoms with E-state index in [0.717, 1.165) is 28.5 Å². The number of rotatable bonds is 3. The molecule has 1 aliphatic heterocycles. The highest BCUT2D eigenvalue weighted by atomic mass is 35.5. The third-order valence-corrected chi connectivity index (χ3v) is 5.20. The van der Waals surface area contributed by atoms with Gasteiger partial charge in [0.15, 0.2) is 0 Å². The zero-order chi connectivity index (χ0) is 20.6. The maximum atomic E-state index is 13.2. The Morgan fingerprint density at radius 3 is 2.59 bits per heavy atom. The van der Waals surface area contributed by atoms with Crippen LogP contribution >= 0.6 is 11.6 Å². The quantitative estimate of drug-likeness (QED) is 0.556. The Balaban J connectivity index is 1.52. The van der Waals surface area contributed by atoms with Gasteiger partial charge in [-0.25, -0.2) is 10.9 Å². The second-order valence-electron chi connectivity index (χ2n) is 6.87. The first-order chi connectivity index (χ1) is 13.8. The predicted octanol–water partition coefficient (Wildman–Crippen LogP) is 5.06. The average Bonchev–Trinajstić information content (AvgIpc) is 3.18. The zero-order valence-electron chi connectivity index (χ0n) is 15.1. The number of hydrogen-bond acceptors (Lipinski definition) is 3. The number of fused-ring (bicyclic) bond motifs is 1. The van der Waals surface area contributed by atoms with Crippen molar-refractivity contribution in [3.05, 3.63) is 76.8 Å². The summed E-state index contributed by atoms with van der Waals surface area (Å²) in [6.07, 6.45) is -4.23. The second kappa shape index (κ2) is 7.67. The molecule has 8 heteroatoms. The normalized spacial score (nSPS) is 19.4. The monoisotopic (exact) mass is 419 g/mol. The summed E-state index contributed by atoms with van der Waals surface area (Å²) in [5.41, 5.74) is 5.70. The van der Waals surface area contributed by atoms with Gasteiger partial charge in [0.05, 0.1) is 11.3 Å². The third kappa shape index (κ3) is 4.07. The largest absolute Gasteiger partial charge is 0.418 e. The van der Waals surface area contributed by atoms with Crippen LogP contribution in [0.4, 0.5) is 18.9 Å². The van der Waals surface area contributed by atoms with Gasteiger partial charge in [-0.3, -0.25) is 4.79 Å². The molecule has 3 aromatic rings. The van der Waals surface area contributed by atoms with Gasteiger partial charge < -0.3 is 5.32 Å². The van der Waals surface area contributed by atoms with Crippen molar-refractivity contribution in [3.8, 4) is 0 Å². The molecule has 1 saturated heterocycles. The first-order valence-electron chi connectivity index (χ1n) is 8.99. The molecule has 0 bridgehead atoms. The third-order valence-electron chi connectivity index (χ3n) is 4.96. The van der Waals surface area contributed by atoms with E-state index in [1.165, 1.54) is 6.07 Å². The molecular weight excluding hydrogens is 403 g/mol. The number of hydrazine groups is 1. The van der Waals surface area contributed by atoms with Crippen molar-refractivity contribution in [1.82, 2.24) is 10.9 Å². The van der Waals surface area contributed by atoms with Crippen molar-refractivity contribution in [1.29, 1.82) is 0 Å². The van der Waals surface area contributed by atoms with Gasteiger partial charge >= 0.3 is 6.18 Å². The fraction of sp³-hybridized carbons (Fsp3) is 0.190. The van der Waals surface area contributed by atoms with Crippen LogP contribution in [0.2, 0.25) is 5.02 Å². The minimum absolute atomic E-state index is 0.0491. The van der Waals surface area contributed by atoms with Gasteiger partial charge in [0.1, 0.15) is 6.04 Å². The van der Waals surface area contributed by atoms with E-state index in [2.05, 4.69) is 16.2 Å². The molecule has 3 aromatic carbocycles. The lowest BCUT2D eigenvalue weighted by Crippen LogP contribution is -2.39. The van der Waals surface area contributed by atoms with Crippen molar-refractivity contribution in [2.75, 3.05) is 5.32 Å². The summed E-state index contributed by atoms with van der Waals surface area (Å²) in [6.45, 7) is 0. The van der Waals surface area contributed by atoms with Crippen LogP contribution in [0.15, 0.2) is 60.7 Å². The van der Waals surface area contributed by atoms with Gasteiger partial charge in [-0.2, -0.15) is 13.2 Å². The Hall–Kier alpha value is -2.61. The molecule has 0 spiro atoms. The van der Waals surface area contributed by atoms with Crippen molar-refractivity contribution < 1.29 is 18.0 Å². The van der Waals surface area contributed by atoms with Gasteiger partial charge in [-0.1, -0.05) is 54.1 Å². The fourth-order valence-corrected chi connectivity index (χ4v) is 3.74. The van der Waals surface area contributed by atoms with Crippen LogP contribution < -0.4 is 16.2 Å². The average molecular weight is 420 g/mol. The number of hydrogen-bond donors (Lipinski definition) is 3. The topological polar surface area (TPSA) is 53.2 Å². The van der Waals surface area contributed by atoms with E-state index in [1.54, 1.807) is 0 Å². The van der Waals surface area contributed by atoms with Crippen LogP contribution in [0.3, 0.4) is 0 Å². The van der Waals surface area contributed by atoms with E-state index in [0.29, 0.717) is 6.42 Å². The summed E-state index contributed by atoms with van der Waals surface area (Å²) in [5.74, 6) is -0.548. The van der Waals surface area contributed by atoms with E-state index >= 15 is 0 Å². The molecular formula is C21H17ClF3N3O. The van der Waals surface area contributed by atoms with Gasteiger partial charge in [0.2, 0.25) is 5.91 Å². The van der Waals surface area contributed by atoms with Gasteiger partial charge in [0.25, 0.3) is 0 Å². The molecule has 2 atom stereocenters. The van der Waals surface area contributed by atoms with Crippen LogP contribution in [0.25, 0.3) is 10.8 Å². The lowest BCUT2D eigenvalue weighted by molar-refractivity contribution is -0.137. The first kappa shape index (κ1) is 19.7. The van der Waals surface area contributed by atoms with Gasteiger partial charge in [-0.05, 0) is 41.0 Å². The molecule has 2 unspecified atom stereocenters.